The van der Waals surface area contributed by atoms with Gasteiger partial charge in [-0.1, -0.05) is 64.1 Å². The number of oxazole rings is 2. The molecule has 10 bridgehead atoms. The smallest absolute Gasteiger partial charge is 0.249 e. The van der Waals surface area contributed by atoms with E-state index in [0.717, 1.165) is 50.0 Å². The molecular weight excluding hydrogens is 660 g/mol. The zero-order chi connectivity index (χ0) is 35.6. The lowest BCUT2D eigenvalue weighted by molar-refractivity contribution is -0.135. The van der Waals surface area contributed by atoms with E-state index in [1.807, 2.05) is 50.4 Å². The number of nitrogens with zero attached hydrogens (tertiary/aromatic N) is 2. The molecule has 11 rings (SSSR count). The molecule has 2 amide bonds. The molecule has 5 atom stereocenters. The van der Waals surface area contributed by atoms with Crippen molar-refractivity contribution in [3.05, 3.63) is 95.3 Å². The fourth-order valence-corrected chi connectivity index (χ4v) is 8.36. The fourth-order valence-electron chi connectivity index (χ4n) is 8.36. The van der Waals surface area contributed by atoms with Gasteiger partial charge in [-0.3, -0.25) is 9.59 Å². The predicted octanol–water partition coefficient (Wildman–Crippen LogP) is 5.81. The number of amides is 2. The molecule has 52 heavy (non-hydrogen) atoms. The Labute approximate surface area is 298 Å². The molecular formula is C40H36N6O6. The summed E-state index contributed by atoms with van der Waals surface area (Å²) < 4.78 is 20.3. The third-order valence-electron chi connectivity index (χ3n) is 11.0. The number of benzene rings is 3. The van der Waals surface area contributed by atoms with Crippen LogP contribution in [0.15, 0.2) is 75.8 Å². The lowest BCUT2D eigenvalue weighted by Gasteiger charge is -2.29. The van der Waals surface area contributed by atoms with Gasteiger partial charge < -0.3 is 39.6 Å². The maximum Gasteiger partial charge on any atom is 0.249 e. The molecule has 0 saturated carbocycles. The van der Waals surface area contributed by atoms with Gasteiger partial charge in [0.15, 0.2) is 23.4 Å². The van der Waals surface area contributed by atoms with Crippen molar-refractivity contribution < 1.29 is 28.3 Å². The Morgan fingerprint density at radius 1 is 1.02 bits per heavy atom. The molecule has 12 heteroatoms. The Kier molecular flexibility index (Phi) is 6.43. The SMILES string of the molecule is CC(C)C1NC(=O)[C@@H](NC(=O)[C@@H](O)C(C)C)Cc2ccc3c(c2)C24c5ccc(cc5NC2O3)-c2cccc3[nH]cc(c23)-c2cnc(o2)-c2nc1oc24. The summed E-state index contributed by atoms with van der Waals surface area (Å²) in [6, 6.07) is 16.7. The molecule has 0 aliphatic carbocycles. The summed E-state index contributed by atoms with van der Waals surface area (Å²) in [6.07, 6.45) is 1.92. The lowest BCUT2D eigenvalue weighted by atomic mass is 9.72. The highest BCUT2D eigenvalue weighted by Crippen LogP contribution is 2.60. The Hall–Kier alpha value is -5.88. The van der Waals surface area contributed by atoms with Crippen LogP contribution in [-0.4, -0.2) is 50.2 Å². The minimum atomic E-state index is -1.28. The molecule has 5 aliphatic heterocycles. The molecule has 8 heterocycles. The van der Waals surface area contributed by atoms with Gasteiger partial charge in [-0.25, -0.2) is 9.97 Å². The minimum absolute atomic E-state index is 0.169. The highest BCUT2D eigenvalue weighted by atomic mass is 16.5. The lowest BCUT2D eigenvalue weighted by Crippen LogP contribution is -2.52. The molecule has 3 aromatic heterocycles. The number of H-pyrrole nitrogens is 1. The molecule has 12 nitrogen and oxygen atoms in total. The van der Waals surface area contributed by atoms with Crippen molar-refractivity contribution in [3.8, 4) is 39.8 Å². The second-order valence-corrected chi connectivity index (χ2v) is 14.9. The average Bonchev–Trinajstić information content (AvgIpc) is 3.95. The summed E-state index contributed by atoms with van der Waals surface area (Å²) in [5, 5.41) is 21.2. The first-order valence-corrected chi connectivity index (χ1v) is 17.7. The molecule has 0 fully saturated rings. The van der Waals surface area contributed by atoms with Gasteiger partial charge in [0.25, 0.3) is 0 Å². The number of fused-ring (bicyclic) bond motifs is 3. The maximum absolute atomic E-state index is 14.1. The number of aliphatic hydroxyl groups excluding tert-OH is 1. The number of carbonyl (C=O) groups is 2. The molecule has 1 spiro atoms. The second-order valence-electron chi connectivity index (χ2n) is 14.9. The van der Waals surface area contributed by atoms with Crippen LogP contribution >= 0.6 is 0 Å². The summed E-state index contributed by atoms with van der Waals surface area (Å²) in [7, 11) is 0. The number of rotatable bonds is 4. The van der Waals surface area contributed by atoms with Crippen LogP contribution in [0.2, 0.25) is 0 Å². The quantitative estimate of drug-likeness (QED) is 0.153. The van der Waals surface area contributed by atoms with Crippen molar-refractivity contribution in [3.63, 3.8) is 0 Å². The largest absolute Gasteiger partial charge is 0.469 e. The number of hydrogen-bond donors (Lipinski definition) is 5. The molecule has 0 radical (unpaired) electrons. The van der Waals surface area contributed by atoms with E-state index >= 15 is 0 Å². The zero-order valence-electron chi connectivity index (χ0n) is 28.9. The van der Waals surface area contributed by atoms with E-state index in [2.05, 4.69) is 45.2 Å². The van der Waals surface area contributed by atoms with E-state index < -0.39 is 41.6 Å². The van der Waals surface area contributed by atoms with Crippen LogP contribution in [0.5, 0.6) is 5.75 Å². The van der Waals surface area contributed by atoms with Crippen LogP contribution in [0.3, 0.4) is 0 Å². The Morgan fingerprint density at radius 3 is 2.71 bits per heavy atom. The number of ether oxygens (including phenoxy) is 1. The van der Waals surface area contributed by atoms with Crippen molar-refractivity contribution in [1.29, 1.82) is 0 Å². The van der Waals surface area contributed by atoms with Crippen molar-refractivity contribution in [1.82, 2.24) is 25.6 Å². The summed E-state index contributed by atoms with van der Waals surface area (Å²) in [4.78, 5) is 40.6. The summed E-state index contributed by atoms with van der Waals surface area (Å²) in [6.45, 7) is 7.44. The standard InChI is InChI=1S/C40H36N6O6/c1-17(2)31-38-46-32-34(52-38)40-23-10-9-20(21-6-5-7-25-30(21)22(15-41-25)29-16-42-37(32)50-29)14-26(23)44-39(40)51-28-11-8-19(12-24(28)40)13-27(35(48)45-31)43-36(49)33(47)18(3)4/h5-12,14-18,27,31,33,39,41,44,47H,13H2,1-4H3,(H,43,49)(H,45,48)/t27-,31?,33-,39?,40?/m0/s1. The number of anilines is 1. The monoisotopic (exact) mass is 696 g/mol. The van der Waals surface area contributed by atoms with Crippen molar-refractivity contribution >= 4 is 28.4 Å². The predicted molar refractivity (Wildman–Crippen MR) is 191 cm³/mol. The minimum Gasteiger partial charge on any atom is -0.469 e. The Balaban J connectivity index is 1.26. The zero-order valence-corrected chi connectivity index (χ0v) is 28.9. The van der Waals surface area contributed by atoms with Gasteiger partial charge in [-0.2, -0.15) is 0 Å². The van der Waals surface area contributed by atoms with Gasteiger partial charge in [0.05, 0.1) is 6.20 Å². The highest BCUT2D eigenvalue weighted by Gasteiger charge is 2.61. The number of nitrogens with one attached hydrogen (secondary N) is 4. The topological polar surface area (TPSA) is 168 Å². The first kappa shape index (κ1) is 30.9. The van der Waals surface area contributed by atoms with E-state index in [1.165, 1.54) is 0 Å². The van der Waals surface area contributed by atoms with Gasteiger partial charge in [0.2, 0.25) is 23.6 Å². The Morgan fingerprint density at radius 2 is 1.88 bits per heavy atom. The first-order valence-electron chi connectivity index (χ1n) is 17.7. The van der Waals surface area contributed by atoms with Crippen molar-refractivity contribution in [2.24, 2.45) is 11.8 Å². The molecule has 5 aliphatic rings. The van der Waals surface area contributed by atoms with E-state index in [4.69, 9.17) is 23.5 Å². The third-order valence-corrected chi connectivity index (χ3v) is 11.0. The number of aromatic amines is 1. The number of aromatic nitrogens is 3. The van der Waals surface area contributed by atoms with Crippen LogP contribution in [0.4, 0.5) is 5.69 Å². The summed E-state index contributed by atoms with van der Waals surface area (Å²) in [5.41, 5.74) is 6.67. The molecule has 3 unspecified atom stereocenters. The van der Waals surface area contributed by atoms with Crippen LogP contribution in [0.1, 0.15) is 62.1 Å². The number of hydrogen-bond acceptors (Lipinski definition) is 9. The number of aliphatic hydroxyl groups is 1. The fraction of sp³-hybridized carbons (Fsp3) is 0.300. The normalized spacial score (nSPS) is 22.6. The van der Waals surface area contributed by atoms with Crippen LogP contribution in [0, 0.1) is 11.8 Å². The second kappa shape index (κ2) is 10.8. The van der Waals surface area contributed by atoms with Gasteiger partial charge >= 0.3 is 0 Å². The van der Waals surface area contributed by atoms with Crippen LogP contribution in [-0.2, 0) is 21.4 Å². The molecule has 0 saturated heterocycles. The van der Waals surface area contributed by atoms with E-state index in [-0.39, 0.29) is 30.0 Å². The molecule has 5 N–H and O–H groups in total. The van der Waals surface area contributed by atoms with E-state index in [1.54, 1.807) is 20.0 Å². The van der Waals surface area contributed by atoms with Gasteiger partial charge in [0.1, 0.15) is 29.4 Å². The first-order chi connectivity index (χ1) is 25.1. The maximum atomic E-state index is 14.1. The highest BCUT2D eigenvalue weighted by molar-refractivity contribution is 6.05. The third kappa shape index (κ3) is 4.18. The van der Waals surface area contributed by atoms with E-state index in [0.29, 0.717) is 23.0 Å². The molecule has 3 aromatic carbocycles. The van der Waals surface area contributed by atoms with Crippen LogP contribution < -0.4 is 20.7 Å². The van der Waals surface area contributed by atoms with Gasteiger partial charge in [-0.05, 0) is 52.3 Å². The number of carbonyl (C=O) groups excluding carboxylic acids is 2. The van der Waals surface area contributed by atoms with Gasteiger partial charge in [-0.15, -0.1) is 0 Å². The summed E-state index contributed by atoms with van der Waals surface area (Å²) >= 11 is 0. The van der Waals surface area contributed by atoms with Gasteiger partial charge in [0, 0.05) is 40.3 Å². The molecule has 6 aromatic rings. The molecule has 262 valence electrons. The van der Waals surface area contributed by atoms with E-state index in [9.17, 15) is 14.7 Å². The van der Waals surface area contributed by atoms with Crippen LogP contribution in [0.25, 0.3) is 44.9 Å². The van der Waals surface area contributed by atoms with Crippen molar-refractivity contribution in [2.75, 3.05) is 5.32 Å². The van der Waals surface area contributed by atoms with Crippen molar-refractivity contribution in [2.45, 2.75) is 63.9 Å². The summed E-state index contributed by atoms with van der Waals surface area (Å²) in [5.74, 6) is 0.695. The Bertz CT molecular complexity index is 2480. The average molecular weight is 697 g/mol.